The van der Waals surface area contributed by atoms with Gasteiger partial charge < -0.3 is 15.5 Å². The summed E-state index contributed by atoms with van der Waals surface area (Å²) in [5, 5.41) is 6.13. The van der Waals surface area contributed by atoms with Crippen molar-refractivity contribution < 1.29 is 9.59 Å². The second-order valence-electron chi connectivity index (χ2n) is 8.07. The molecule has 2 aromatic carbocycles. The summed E-state index contributed by atoms with van der Waals surface area (Å²) in [6.45, 7) is 1.68. The van der Waals surface area contributed by atoms with Crippen LogP contribution >= 0.6 is 0 Å². The number of carbonyl (C=O) groups excluding carboxylic acids is 2. The van der Waals surface area contributed by atoms with Crippen LogP contribution in [-0.4, -0.2) is 29.9 Å². The number of urea groups is 1. The van der Waals surface area contributed by atoms with E-state index in [9.17, 15) is 9.59 Å². The van der Waals surface area contributed by atoms with Crippen LogP contribution in [-0.2, 0) is 24.2 Å². The van der Waals surface area contributed by atoms with Gasteiger partial charge in [0.05, 0.1) is 5.92 Å². The number of nitrogens with one attached hydrogen (secondary N) is 2. The number of carbonyl (C=O) groups is 2. The molecule has 1 aliphatic heterocycles. The monoisotopic (exact) mass is 391 g/mol. The summed E-state index contributed by atoms with van der Waals surface area (Å²) in [5.74, 6) is -0.129. The van der Waals surface area contributed by atoms with Crippen LogP contribution < -0.4 is 10.6 Å². The van der Waals surface area contributed by atoms with Gasteiger partial charge in [-0.2, -0.15) is 0 Å². The van der Waals surface area contributed by atoms with Crippen molar-refractivity contribution in [3.63, 3.8) is 0 Å². The minimum absolute atomic E-state index is 0.0320. The lowest BCUT2D eigenvalue weighted by Gasteiger charge is -2.32. The van der Waals surface area contributed by atoms with Gasteiger partial charge in [0.25, 0.3) is 0 Å². The molecule has 0 bridgehead atoms. The van der Waals surface area contributed by atoms with Crippen molar-refractivity contribution >= 4 is 17.6 Å². The highest BCUT2D eigenvalue weighted by Crippen LogP contribution is 2.29. The first-order valence-electron chi connectivity index (χ1n) is 10.7. The summed E-state index contributed by atoms with van der Waals surface area (Å²) in [6.07, 6.45) is 6.20. The highest BCUT2D eigenvalue weighted by atomic mass is 16.2. The summed E-state index contributed by atoms with van der Waals surface area (Å²) >= 11 is 0. The van der Waals surface area contributed by atoms with E-state index in [4.69, 9.17) is 0 Å². The average molecular weight is 392 g/mol. The summed E-state index contributed by atoms with van der Waals surface area (Å²) in [4.78, 5) is 27.3. The van der Waals surface area contributed by atoms with Gasteiger partial charge in [0.15, 0.2) is 0 Å². The Bertz CT molecular complexity index is 866. The van der Waals surface area contributed by atoms with Crippen molar-refractivity contribution in [3.05, 3.63) is 65.2 Å². The zero-order chi connectivity index (χ0) is 20.1. The highest BCUT2D eigenvalue weighted by Gasteiger charge is 2.29. The first kappa shape index (κ1) is 19.5. The Labute approximate surface area is 172 Å². The normalized spacial score (nSPS) is 18.6. The summed E-state index contributed by atoms with van der Waals surface area (Å²) < 4.78 is 0. The zero-order valence-electron chi connectivity index (χ0n) is 16.8. The van der Waals surface area contributed by atoms with Crippen LogP contribution in [0.15, 0.2) is 48.5 Å². The number of fused-ring (bicyclic) bond motifs is 1. The fraction of sp³-hybridized carbons (Fsp3) is 0.417. The smallest absolute Gasteiger partial charge is 0.317 e. The molecule has 4 rings (SSSR count). The molecule has 1 aliphatic carbocycles. The molecule has 1 saturated heterocycles. The molecule has 0 unspecified atom stereocenters. The molecule has 3 amide bonds. The average Bonchev–Trinajstić information content (AvgIpc) is 2.78. The number of nitrogens with zero attached hydrogens (tertiary/aromatic N) is 1. The molecule has 152 valence electrons. The molecule has 0 radical (unpaired) electrons. The van der Waals surface area contributed by atoms with E-state index in [1.807, 2.05) is 42.5 Å². The Kier molecular flexibility index (Phi) is 6.13. The van der Waals surface area contributed by atoms with Gasteiger partial charge in [-0.15, -0.1) is 0 Å². The molecule has 2 N–H and O–H groups in total. The minimum atomic E-state index is -0.161. The maximum absolute atomic E-state index is 12.9. The molecule has 2 aromatic rings. The Balaban J connectivity index is 1.34. The van der Waals surface area contributed by atoms with Crippen molar-refractivity contribution in [2.24, 2.45) is 5.92 Å². The van der Waals surface area contributed by atoms with Gasteiger partial charge in [0, 0.05) is 25.3 Å². The van der Waals surface area contributed by atoms with E-state index in [1.54, 1.807) is 4.90 Å². The van der Waals surface area contributed by atoms with E-state index in [0.717, 1.165) is 36.9 Å². The molecule has 0 saturated carbocycles. The Morgan fingerprint density at radius 3 is 2.66 bits per heavy atom. The summed E-state index contributed by atoms with van der Waals surface area (Å²) in [5.41, 5.74) is 4.68. The predicted octanol–water partition coefficient (Wildman–Crippen LogP) is 4.13. The molecule has 2 aliphatic rings. The third-order valence-corrected chi connectivity index (χ3v) is 6.02. The van der Waals surface area contributed by atoms with Crippen molar-refractivity contribution in [2.75, 3.05) is 18.4 Å². The van der Waals surface area contributed by atoms with Gasteiger partial charge in [-0.3, -0.25) is 4.79 Å². The number of rotatable bonds is 4. The molecule has 0 spiro atoms. The summed E-state index contributed by atoms with van der Waals surface area (Å²) in [7, 11) is 0. The van der Waals surface area contributed by atoms with Crippen molar-refractivity contribution in [1.29, 1.82) is 0 Å². The predicted molar refractivity (Wildman–Crippen MR) is 115 cm³/mol. The number of likely N-dealkylation sites (tertiary alicyclic amines) is 1. The fourth-order valence-corrected chi connectivity index (χ4v) is 4.39. The molecular weight excluding hydrogens is 362 g/mol. The Hall–Kier alpha value is -2.82. The van der Waals surface area contributed by atoms with E-state index in [1.165, 1.54) is 24.0 Å². The molecular formula is C24H29N3O2. The molecule has 5 heteroatoms. The largest absolute Gasteiger partial charge is 0.334 e. The standard InChI is InChI=1S/C24H29N3O2/c28-23(26-22-14-6-11-19-10-4-5-13-21(19)22)20-12-7-15-27(17-20)24(29)25-16-18-8-2-1-3-9-18/h1-3,6,8-9,11,14,20H,4-5,7,10,12-13,15-17H2,(H,25,29)(H,26,28)/t20-/m1/s1. The van der Waals surface area contributed by atoms with Crippen LogP contribution in [0.1, 0.15) is 42.4 Å². The topological polar surface area (TPSA) is 61.4 Å². The Morgan fingerprint density at radius 2 is 1.79 bits per heavy atom. The number of hydrogen-bond donors (Lipinski definition) is 2. The number of hydrogen-bond acceptors (Lipinski definition) is 2. The van der Waals surface area contributed by atoms with Crippen molar-refractivity contribution in [1.82, 2.24) is 10.2 Å². The van der Waals surface area contributed by atoms with E-state index in [0.29, 0.717) is 19.6 Å². The number of piperidine rings is 1. The molecule has 5 nitrogen and oxygen atoms in total. The second kappa shape index (κ2) is 9.12. The van der Waals surface area contributed by atoms with E-state index >= 15 is 0 Å². The Morgan fingerprint density at radius 1 is 0.966 bits per heavy atom. The van der Waals surface area contributed by atoms with Gasteiger partial charge in [-0.1, -0.05) is 42.5 Å². The number of anilines is 1. The number of aryl methyl sites for hydroxylation is 1. The zero-order valence-corrected chi connectivity index (χ0v) is 16.8. The third-order valence-electron chi connectivity index (χ3n) is 6.02. The van der Waals surface area contributed by atoms with Gasteiger partial charge in [-0.05, 0) is 61.3 Å². The van der Waals surface area contributed by atoms with E-state index in [2.05, 4.69) is 16.7 Å². The first-order chi connectivity index (χ1) is 14.2. The van der Waals surface area contributed by atoms with Gasteiger partial charge in [0.1, 0.15) is 0 Å². The lowest BCUT2D eigenvalue weighted by atomic mass is 9.90. The number of amides is 3. The fourth-order valence-electron chi connectivity index (χ4n) is 4.39. The maximum Gasteiger partial charge on any atom is 0.317 e. The minimum Gasteiger partial charge on any atom is -0.334 e. The van der Waals surface area contributed by atoms with Gasteiger partial charge in [-0.25, -0.2) is 4.79 Å². The van der Waals surface area contributed by atoms with Crippen molar-refractivity contribution in [3.8, 4) is 0 Å². The third kappa shape index (κ3) is 4.78. The maximum atomic E-state index is 12.9. The van der Waals surface area contributed by atoms with Crippen LogP contribution in [0, 0.1) is 5.92 Å². The SMILES string of the molecule is O=C(Nc1cccc2c1CCCC2)[C@@H]1CCCN(C(=O)NCc2ccccc2)C1. The van der Waals surface area contributed by atoms with Crippen LogP contribution in [0.3, 0.4) is 0 Å². The molecule has 0 aromatic heterocycles. The van der Waals surface area contributed by atoms with Gasteiger partial charge in [0.2, 0.25) is 5.91 Å². The van der Waals surface area contributed by atoms with E-state index < -0.39 is 0 Å². The van der Waals surface area contributed by atoms with Crippen LogP contribution in [0.2, 0.25) is 0 Å². The highest BCUT2D eigenvalue weighted by molar-refractivity contribution is 5.94. The quantitative estimate of drug-likeness (QED) is 0.823. The molecule has 1 atom stereocenters. The first-order valence-corrected chi connectivity index (χ1v) is 10.7. The van der Waals surface area contributed by atoms with Crippen LogP contribution in [0.4, 0.5) is 10.5 Å². The number of benzene rings is 2. The summed E-state index contributed by atoms with van der Waals surface area (Å²) in [6, 6.07) is 16.0. The lowest BCUT2D eigenvalue weighted by molar-refractivity contribution is -0.121. The van der Waals surface area contributed by atoms with Crippen molar-refractivity contribution in [2.45, 2.75) is 45.1 Å². The second-order valence-corrected chi connectivity index (χ2v) is 8.07. The molecule has 29 heavy (non-hydrogen) atoms. The van der Waals surface area contributed by atoms with E-state index in [-0.39, 0.29) is 17.9 Å². The van der Waals surface area contributed by atoms with Gasteiger partial charge >= 0.3 is 6.03 Å². The van der Waals surface area contributed by atoms with Crippen LogP contribution in [0.5, 0.6) is 0 Å². The van der Waals surface area contributed by atoms with Crippen LogP contribution in [0.25, 0.3) is 0 Å². The lowest BCUT2D eigenvalue weighted by Crippen LogP contribution is -2.47. The molecule has 1 fully saturated rings. The molecule has 1 heterocycles.